The molecule has 0 aromatic heterocycles. The molecule has 1 saturated heterocycles. The van der Waals surface area contributed by atoms with Crippen molar-refractivity contribution in [3.8, 4) is 0 Å². The molecule has 2 aromatic carbocycles. The first-order valence-corrected chi connectivity index (χ1v) is 15.8. The number of esters is 1. The Bertz CT molecular complexity index is 1340. The molecule has 1 unspecified atom stereocenters. The zero-order valence-corrected chi connectivity index (χ0v) is 26.0. The van der Waals surface area contributed by atoms with Crippen LogP contribution in [-0.2, 0) is 30.3 Å². The van der Waals surface area contributed by atoms with Crippen molar-refractivity contribution in [3.05, 3.63) is 95.6 Å². The number of unbranched alkanes of at least 4 members (excludes halogenated alkanes) is 1. The predicted molar refractivity (Wildman–Crippen MR) is 170 cm³/mol. The van der Waals surface area contributed by atoms with Crippen LogP contribution < -0.4 is 16.0 Å². The van der Waals surface area contributed by atoms with E-state index < -0.39 is 42.0 Å². The second kappa shape index (κ2) is 16.0. The molecule has 0 radical (unpaired) electrons. The number of cyclic esters (lactones) is 1. The summed E-state index contributed by atoms with van der Waals surface area (Å²) in [6.45, 7) is 5.62. The van der Waals surface area contributed by atoms with Crippen molar-refractivity contribution in [1.82, 2.24) is 16.0 Å². The van der Waals surface area contributed by atoms with Gasteiger partial charge in [-0.05, 0) is 42.4 Å². The van der Waals surface area contributed by atoms with Gasteiger partial charge in [-0.25, -0.2) is 4.79 Å². The Hall–Kier alpha value is -4.20. The number of carbonyl (C=O) groups excluding carboxylic acids is 4. The van der Waals surface area contributed by atoms with Crippen LogP contribution in [0.5, 0.6) is 0 Å². The van der Waals surface area contributed by atoms with E-state index in [2.05, 4.69) is 47.2 Å². The van der Waals surface area contributed by atoms with E-state index in [0.29, 0.717) is 0 Å². The van der Waals surface area contributed by atoms with Crippen LogP contribution in [-0.4, -0.2) is 47.9 Å². The predicted octanol–water partition coefficient (Wildman–Crippen LogP) is 4.91. The highest BCUT2D eigenvalue weighted by Gasteiger charge is 2.34. The van der Waals surface area contributed by atoms with Gasteiger partial charge >= 0.3 is 5.97 Å². The van der Waals surface area contributed by atoms with Gasteiger partial charge in [0.05, 0.1) is 6.42 Å². The maximum Gasteiger partial charge on any atom is 0.329 e. The topological polar surface area (TPSA) is 114 Å². The largest absolute Gasteiger partial charge is 0.460 e. The summed E-state index contributed by atoms with van der Waals surface area (Å²) >= 11 is 0. The monoisotopic (exact) mass is 599 g/mol. The van der Waals surface area contributed by atoms with Crippen LogP contribution in [0, 0.1) is 5.92 Å². The SMILES string of the molecule is CCCC[C@H](C)[C@@H]1CC(=O)N[C@H](CC2=CCC(c3ccccc3)C=C2)C(=O)N[C@@H](C)C(=O)N[C@H](Cc2ccccc2)C(=O)O1. The molecule has 8 nitrogen and oxygen atoms in total. The molecule has 1 fully saturated rings. The van der Waals surface area contributed by atoms with E-state index in [1.807, 2.05) is 61.5 Å². The van der Waals surface area contributed by atoms with Gasteiger partial charge in [-0.3, -0.25) is 14.4 Å². The summed E-state index contributed by atoms with van der Waals surface area (Å²) in [7, 11) is 0. The van der Waals surface area contributed by atoms with Crippen molar-refractivity contribution >= 4 is 23.7 Å². The lowest BCUT2D eigenvalue weighted by Gasteiger charge is -2.27. The van der Waals surface area contributed by atoms with Crippen LogP contribution in [0.4, 0.5) is 0 Å². The van der Waals surface area contributed by atoms with Crippen LogP contribution in [0.25, 0.3) is 0 Å². The molecule has 1 aliphatic carbocycles. The fourth-order valence-electron chi connectivity index (χ4n) is 5.67. The number of allylic oxidation sites excluding steroid dienone is 3. The van der Waals surface area contributed by atoms with Crippen LogP contribution >= 0.6 is 0 Å². The van der Waals surface area contributed by atoms with Gasteiger partial charge in [0.2, 0.25) is 17.7 Å². The first-order chi connectivity index (χ1) is 21.2. The van der Waals surface area contributed by atoms with Crippen LogP contribution in [0.3, 0.4) is 0 Å². The van der Waals surface area contributed by atoms with E-state index >= 15 is 0 Å². The van der Waals surface area contributed by atoms with Crippen LogP contribution in [0.15, 0.2) is 84.5 Å². The van der Waals surface area contributed by atoms with E-state index in [-0.39, 0.29) is 37.0 Å². The van der Waals surface area contributed by atoms with Crippen molar-refractivity contribution in [2.24, 2.45) is 5.92 Å². The Kier molecular flexibility index (Phi) is 11.9. The number of ether oxygens (including phenoxy) is 1. The quantitative estimate of drug-likeness (QED) is 0.355. The number of carbonyl (C=O) groups is 4. The molecule has 8 heteroatoms. The summed E-state index contributed by atoms with van der Waals surface area (Å²) in [6, 6.07) is 16.8. The molecule has 2 aromatic rings. The molecule has 1 aliphatic heterocycles. The highest BCUT2D eigenvalue weighted by molar-refractivity contribution is 5.94. The summed E-state index contributed by atoms with van der Waals surface area (Å²) in [5.41, 5.74) is 3.00. The molecule has 2 aliphatic rings. The van der Waals surface area contributed by atoms with E-state index in [1.54, 1.807) is 6.92 Å². The maximum atomic E-state index is 13.5. The smallest absolute Gasteiger partial charge is 0.329 e. The number of amides is 3. The third-order valence-electron chi connectivity index (χ3n) is 8.43. The lowest BCUT2D eigenvalue weighted by Crippen LogP contribution is -2.54. The van der Waals surface area contributed by atoms with Crippen molar-refractivity contribution in [2.75, 3.05) is 0 Å². The maximum absolute atomic E-state index is 13.5. The van der Waals surface area contributed by atoms with Gasteiger partial charge in [-0.1, -0.05) is 106 Å². The van der Waals surface area contributed by atoms with Gasteiger partial charge in [0.1, 0.15) is 24.2 Å². The molecule has 0 bridgehead atoms. The van der Waals surface area contributed by atoms with E-state index in [4.69, 9.17) is 4.74 Å². The number of benzene rings is 2. The molecule has 234 valence electrons. The minimum absolute atomic E-state index is 0.0765. The van der Waals surface area contributed by atoms with E-state index in [9.17, 15) is 19.2 Å². The van der Waals surface area contributed by atoms with Gasteiger partial charge in [0, 0.05) is 18.8 Å². The van der Waals surface area contributed by atoms with E-state index in [1.165, 1.54) is 5.56 Å². The third-order valence-corrected chi connectivity index (χ3v) is 8.43. The molecular weight excluding hydrogens is 554 g/mol. The van der Waals surface area contributed by atoms with Crippen molar-refractivity contribution in [2.45, 2.75) is 95.9 Å². The third kappa shape index (κ3) is 9.40. The Morgan fingerprint density at radius 2 is 1.57 bits per heavy atom. The first-order valence-electron chi connectivity index (χ1n) is 15.8. The lowest BCUT2D eigenvalue weighted by atomic mass is 9.88. The van der Waals surface area contributed by atoms with Gasteiger partial charge < -0.3 is 20.7 Å². The highest BCUT2D eigenvalue weighted by Crippen LogP contribution is 2.28. The molecule has 44 heavy (non-hydrogen) atoms. The molecule has 6 atom stereocenters. The number of hydrogen-bond donors (Lipinski definition) is 3. The normalized spacial score (nSPS) is 25.6. The standard InChI is InChI=1S/C36H45N3O5/c1-4-5-12-24(2)32-23-33(40)38-30(21-27-17-19-29(20-18-27)28-15-10-7-11-16-28)35(42)37-25(3)34(41)39-31(36(43)44-32)22-26-13-8-6-9-14-26/h6-11,13-19,24-25,29-32H,4-5,12,20-23H2,1-3H3,(H,37,42)(H,38,40)(H,39,41)/t24-,25-,29?,30+,31+,32-/m0/s1. The fourth-order valence-corrected chi connectivity index (χ4v) is 5.67. The minimum atomic E-state index is -0.972. The average Bonchev–Trinajstić information content (AvgIpc) is 3.03. The van der Waals surface area contributed by atoms with Gasteiger partial charge in [-0.15, -0.1) is 0 Å². The van der Waals surface area contributed by atoms with Gasteiger partial charge in [0.15, 0.2) is 0 Å². The van der Waals surface area contributed by atoms with E-state index in [0.717, 1.165) is 36.8 Å². The summed E-state index contributed by atoms with van der Waals surface area (Å²) < 4.78 is 5.99. The van der Waals surface area contributed by atoms with Crippen molar-refractivity contribution in [3.63, 3.8) is 0 Å². The van der Waals surface area contributed by atoms with Gasteiger partial charge in [-0.2, -0.15) is 0 Å². The zero-order chi connectivity index (χ0) is 31.5. The molecular formula is C36H45N3O5. The summed E-state index contributed by atoms with van der Waals surface area (Å²) in [5, 5.41) is 8.44. The second-order valence-electron chi connectivity index (χ2n) is 12.0. The number of rotatable bonds is 9. The lowest BCUT2D eigenvalue weighted by molar-refractivity contribution is -0.157. The summed E-state index contributed by atoms with van der Waals surface area (Å²) in [5.74, 6) is -1.77. The van der Waals surface area contributed by atoms with Gasteiger partial charge in [0.25, 0.3) is 0 Å². The second-order valence-corrected chi connectivity index (χ2v) is 12.0. The first kappa shape index (κ1) is 32.7. The fraction of sp³-hybridized carbons (Fsp3) is 0.444. The average molecular weight is 600 g/mol. The molecule has 1 heterocycles. The summed E-state index contributed by atoms with van der Waals surface area (Å²) in [6.07, 6.45) is 9.40. The molecule has 3 amide bonds. The Balaban J connectivity index is 1.55. The molecule has 4 rings (SSSR count). The van der Waals surface area contributed by atoms with Crippen molar-refractivity contribution < 1.29 is 23.9 Å². The number of nitrogens with one attached hydrogen (secondary N) is 3. The minimum Gasteiger partial charge on any atom is -0.460 e. The Morgan fingerprint density at radius 1 is 0.864 bits per heavy atom. The van der Waals surface area contributed by atoms with Crippen LogP contribution in [0.2, 0.25) is 0 Å². The Morgan fingerprint density at radius 3 is 2.23 bits per heavy atom. The molecule has 0 saturated carbocycles. The zero-order valence-electron chi connectivity index (χ0n) is 26.0. The number of hydrogen-bond acceptors (Lipinski definition) is 5. The molecule has 3 N–H and O–H groups in total. The van der Waals surface area contributed by atoms with Crippen molar-refractivity contribution in [1.29, 1.82) is 0 Å². The summed E-state index contributed by atoms with van der Waals surface area (Å²) in [4.78, 5) is 53.7. The highest BCUT2D eigenvalue weighted by atomic mass is 16.5. The molecule has 0 spiro atoms. The van der Waals surface area contributed by atoms with Crippen LogP contribution in [0.1, 0.15) is 76.3 Å². The Labute approximate surface area is 260 Å².